The van der Waals surface area contributed by atoms with Gasteiger partial charge in [0.25, 0.3) is 0 Å². The van der Waals surface area contributed by atoms with Crippen molar-refractivity contribution < 1.29 is 26.4 Å². The number of thioether (sulfide) groups is 1. The number of rotatable bonds is 5. The van der Waals surface area contributed by atoms with Crippen molar-refractivity contribution in [1.29, 1.82) is 0 Å². The van der Waals surface area contributed by atoms with Gasteiger partial charge < -0.3 is 4.90 Å². The summed E-state index contributed by atoms with van der Waals surface area (Å²) < 4.78 is 66.4. The van der Waals surface area contributed by atoms with Crippen LogP contribution >= 0.6 is 23.4 Å². The molecule has 0 aliphatic carbocycles. The standard InChI is InChI=1S/C18H16ClF3N2O3S2/c19-14-10-13(2-3-15(14)21)29(26,27)24-7-5-23(6-8-24)18(25)11-28-17-4-1-12(20)9-16(17)22/h1-4,9-10H,5-8,11H2. The molecule has 1 amide bonds. The average molecular weight is 465 g/mol. The predicted octanol–water partition coefficient (Wildman–Crippen LogP) is 3.38. The number of nitrogens with zero attached hydrogens (tertiary/aromatic N) is 2. The maximum absolute atomic E-state index is 13.6. The lowest BCUT2D eigenvalue weighted by Crippen LogP contribution is -2.50. The lowest BCUT2D eigenvalue weighted by molar-refractivity contribution is -0.129. The summed E-state index contributed by atoms with van der Waals surface area (Å²) >= 11 is 6.62. The first-order valence-electron chi connectivity index (χ1n) is 8.49. The number of hydrogen-bond donors (Lipinski definition) is 0. The second kappa shape index (κ2) is 8.95. The molecule has 11 heteroatoms. The predicted molar refractivity (Wildman–Crippen MR) is 104 cm³/mol. The van der Waals surface area contributed by atoms with Gasteiger partial charge in [-0.1, -0.05) is 11.6 Å². The molecular weight excluding hydrogens is 449 g/mol. The number of halogens is 4. The van der Waals surface area contributed by atoms with Crippen molar-refractivity contribution >= 4 is 39.3 Å². The highest BCUT2D eigenvalue weighted by Gasteiger charge is 2.30. The summed E-state index contributed by atoms with van der Waals surface area (Å²) in [6.07, 6.45) is 0. The van der Waals surface area contributed by atoms with Gasteiger partial charge in [-0.2, -0.15) is 4.31 Å². The molecule has 156 valence electrons. The Balaban J connectivity index is 1.58. The van der Waals surface area contributed by atoms with Crippen molar-refractivity contribution in [2.75, 3.05) is 31.9 Å². The van der Waals surface area contributed by atoms with Crippen molar-refractivity contribution in [1.82, 2.24) is 9.21 Å². The van der Waals surface area contributed by atoms with Crippen LogP contribution < -0.4 is 0 Å². The summed E-state index contributed by atoms with van der Waals surface area (Å²) in [5.41, 5.74) is 0. The first kappa shape index (κ1) is 21.9. The van der Waals surface area contributed by atoms with E-state index in [1.54, 1.807) is 0 Å². The van der Waals surface area contributed by atoms with E-state index in [1.165, 1.54) is 15.3 Å². The number of piperazine rings is 1. The second-order valence-corrected chi connectivity index (χ2v) is 9.59. The molecule has 3 rings (SSSR count). The van der Waals surface area contributed by atoms with E-state index in [4.69, 9.17) is 11.6 Å². The smallest absolute Gasteiger partial charge is 0.243 e. The molecule has 0 N–H and O–H groups in total. The molecule has 0 bridgehead atoms. The molecular formula is C18H16ClF3N2O3S2. The van der Waals surface area contributed by atoms with E-state index >= 15 is 0 Å². The fourth-order valence-corrected chi connectivity index (χ4v) is 5.30. The number of carbonyl (C=O) groups excluding carboxylic acids is 1. The van der Waals surface area contributed by atoms with Gasteiger partial charge in [0, 0.05) is 37.1 Å². The van der Waals surface area contributed by atoms with E-state index in [0.29, 0.717) is 0 Å². The molecule has 1 fully saturated rings. The number of amides is 1. The van der Waals surface area contributed by atoms with Gasteiger partial charge in [0.2, 0.25) is 15.9 Å². The van der Waals surface area contributed by atoms with Crippen LogP contribution in [0.1, 0.15) is 0 Å². The topological polar surface area (TPSA) is 57.7 Å². The van der Waals surface area contributed by atoms with Crippen LogP contribution in [0.5, 0.6) is 0 Å². The fraction of sp³-hybridized carbons (Fsp3) is 0.278. The number of benzene rings is 2. The molecule has 1 aliphatic rings. The van der Waals surface area contributed by atoms with E-state index in [-0.39, 0.29) is 52.7 Å². The molecule has 2 aromatic rings. The van der Waals surface area contributed by atoms with Crippen LogP contribution in [0.15, 0.2) is 46.2 Å². The molecule has 5 nitrogen and oxygen atoms in total. The molecule has 1 aliphatic heterocycles. The highest BCUT2D eigenvalue weighted by atomic mass is 35.5. The lowest BCUT2D eigenvalue weighted by Gasteiger charge is -2.34. The minimum Gasteiger partial charge on any atom is -0.339 e. The molecule has 29 heavy (non-hydrogen) atoms. The average Bonchev–Trinajstić information content (AvgIpc) is 2.69. The van der Waals surface area contributed by atoms with Crippen molar-refractivity contribution in [3.63, 3.8) is 0 Å². The van der Waals surface area contributed by atoms with Gasteiger partial charge in [0.15, 0.2) is 0 Å². The summed E-state index contributed by atoms with van der Waals surface area (Å²) in [5.74, 6) is -2.48. The summed E-state index contributed by atoms with van der Waals surface area (Å²) in [6, 6.07) is 6.31. The third kappa shape index (κ3) is 5.06. The van der Waals surface area contributed by atoms with Crippen molar-refractivity contribution in [3.8, 4) is 0 Å². The third-order valence-electron chi connectivity index (χ3n) is 4.37. The van der Waals surface area contributed by atoms with Crippen molar-refractivity contribution in [2.45, 2.75) is 9.79 Å². The maximum Gasteiger partial charge on any atom is 0.243 e. The van der Waals surface area contributed by atoms with E-state index < -0.39 is 27.5 Å². The largest absolute Gasteiger partial charge is 0.339 e. The van der Waals surface area contributed by atoms with Crippen LogP contribution in [0, 0.1) is 17.5 Å². The van der Waals surface area contributed by atoms with Crippen LogP contribution in [0.2, 0.25) is 5.02 Å². The van der Waals surface area contributed by atoms with E-state index in [0.717, 1.165) is 42.1 Å². The Morgan fingerprint density at radius 3 is 2.31 bits per heavy atom. The quantitative estimate of drug-likeness (QED) is 0.636. The summed E-state index contributed by atoms with van der Waals surface area (Å²) in [6.45, 7) is 0.468. The van der Waals surface area contributed by atoms with Crippen molar-refractivity contribution in [3.05, 3.63) is 58.9 Å². The molecule has 0 saturated carbocycles. The normalized spacial score (nSPS) is 15.5. The molecule has 0 aromatic heterocycles. The van der Waals surface area contributed by atoms with Crippen LogP contribution in [-0.2, 0) is 14.8 Å². The van der Waals surface area contributed by atoms with Crippen molar-refractivity contribution in [2.24, 2.45) is 0 Å². The van der Waals surface area contributed by atoms with E-state index in [9.17, 15) is 26.4 Å². The number of carbonyl (C=O) groups is 1. The molecule has 1 saturated heterocycles. The highest BCUT2D eigenvalue weighted by molar-refractivity contribution is 8.00. The first-order chi connectivity index (χ1) is 13.7. The van der Waals surface area contributed by atoms with Gasteiger partial charge in [0.1, 0.15) is 17.5 Å². The van der Waals surface area contributed by atoms with Gasteiger partial charge in [0.05, 0.1) is 15.7 Å². The highest BCUT2D eigenvalue weighted by Crippen LogP contribution is 2.25. The van der Waals surface area contributed by atoms with Crippen LogP contribution in [-0.4, -0.2) is 55.5 Å². The molecule has 0 spiro atoms. The second-order valence-electron chi connectivity index (χ2n) is 6.22. The number of sulfonamides is 1. The summed E-state index contributed by atoms with van der Waals surface area (Å²) in [4.78, 5) is 13.9. The zero-order chi connectivity index (χ0) is 21.2. The molecule has 0 unspecified atom stereocenters. The lowest BCUT2D eigenvalue weighted by atomic mass is 10.3. The monoisotopic (exact) mass is 464 g/mol. The minimum absolute atomic E-state index is 0.0527. The molecule has 1 heterocycles. The van der Waals surface area contributed by atoms with Gasteiger partial charge >= 0.3 is 0 Å². The summed E-state index contributed by atoms with van der Waals surface area (Å²) in [7, 11) is -3.86. The van der Waals surface area contributed by atoms with Crippen LogP contribution in [0.25, 0.3) is 0 Å². The fourth-order valence-electron chi connectivity index (χ4n) is 2.79. The van der Waals surface area contributed by atoms with Crippen LogP contribution in [0.3, 0.4) is 0 Å². The Kier molecular flexibility index (Phi) is 6.77. The van der Waals surface area contributed by atoms with Gasteiger partial charge in [-0.3, -0.25) is 4.79 Å². The molecule has 0 radical (unpaired) electrons. The maximum atomic E-state index is 13.6. The Bertz CT molecular complexity index is 1030. The van der Waals surface area contributed by atoms with Gasteiger partial charge in [-0.15, -0.1) is 11.8 Å². The number of hydrogen-bond acceptors (Lipinski definition) is 4. The molecule has 2 aromatic carbocycles. The SMILES string of the molecule is O=C(CSc1ccc(F)cc1F)N1CCN(S(=O)(=O)c2ccc(F)c(Cl)c2)CC1. The minimum atomic E-state index is -3.86. The Labute approximate surface area is 175 Å². The zero-order valence-corrected chi connectivity index (χ0v) is 17.3. The molecule has 0 atom stereocenters. The van der Waals surface area contributed by atoms with Gasteiger partial charge in [-0.05, 0) is 30.3 Å². The summed E-state index contributed by atoms with van der Waals surface area (Å²) in [5, 5.41) is -0.287. The zero-order valence-electron chi connectivity index (χ0n) is 14.9. The Morgan fingerprint density at radius 2 is 1.69 bits per heavy atom. The van der Waals surface area contributed by atoms with E-state index in [1.807, 2.05) is 0 Å². The Morgan fingerprint density at radius 1 is 1.00 bits per heavy atom. The third-order valence-corrected chi connectivity index (χ3v) is 7.58. The first-order valence-corrected chi connectivity index (χ1v) is 11.3. The Hall–Kier alpha value is -1.75. The van der Waals surface area contributed by atoms with Crippen LogP contribution in [0.4, 0.5) is 13.2 Å². The van der Waals surface area contributed by atoms with E-state index in [2.05, 4.69) is 0 Å². The van der Waals surface area contributed by atoms with Gasteiger partial charge in [-0.25, -0.2) is 21.6 Å².